The van der Waals surface area contributed by atoms with Gasteiger partial charge >= 0.3 is 0 Å². The number of carbonyl (C=O) groups is 1. The van der Waals surface area contributed by atoms with E-state index in [9.17, 15) is 13.2 Å². The zero-order valence-electron chi connectivity index (χ0n) is 14.0. The highest BCUT2D eigenvalue weighted by molar-refractivity contribution is 7.90. The highest BCUT2D eigenvalue weighted by Gasteiger charge is 2.54. The third-order valence-corrected chi connectivity index (χ3v) is 8.56. The van der Waals surface area contributed by atoms with Crippen molar-refractivity contribution in [1.82, 2.24) is 9.21 Å². The molecule has 1 atom stereocenters. The van der Waals surface area contributed by atoms with Gasteiger partial charge in [-0.05, 0) is 31.2 Å². The lowest BCUT2D eigenvalue weighted by Gasteiger charge is -2.46. The van der Waals surface area contributed by atoms with E-state index >= 15 is 0 Å². The molecule has 0 aromatic heterocycles. The maximum absolute atomic E-state index is 12.5. The van der Waals surface area contributed by atoms with Crippen molar-refractivity contribution < 1.29 is 13.2 Å². The predicted molar refractivity (Wildman–Crippen MR) is 92.0 cm³/mol. The van der Waals surface area contributed by atoms with Gasteiger partial charge < -0.3 is 4.90 Å². The molecular formula is C18H24N2O3S. The smallest absolute Gasteiger partial charge is 0.223 e. The Morgan fingerprint density at radius 3 is 2.29 bits per heavy atom. The highest BCUT2D eigenvalue weighted by Crippen LogP contribution is 2.48. The van der Waals surface area contributed by atoms with Crippen LogP contribution in [0.25, 0.3) is 0 Å². The van der Waals surface area contributed by atoms with E-state index in [0.29, 0.717) is 19.5 Å². The second-order valence-corrected chi connectivity index (χ2v) is 9.58. The first-order chi connectivity index (χ1) is 11.4. The number of sulfonamides is 1. The van der Waals surface area contributed by atoms with E-state index in [-0.39, 0.29) is 22.6 Å². The number of hydrogen-bond donors (Lipinski definition) is 0. The molecule has 3 fully saturated rings. The van der Waals surface area contributed by atoms with Gasteiger partial charge in [0.15, 0.2) is 0 Å². The van der Waals surface area contributed by atoms with Crippen LogP contribution in [0.3, 0.4) is 0 Å². The molecule has 6 heteroatoms. The molecule has 130 valence electrons. The Morgan fingerprint density at radius 1 is 1.08 bits per heavy atom. The van der Waals surface area contributed by atoms with Crippen LogP contribution in [0.2, 0.25) is 0 Å². The lowest BCUT2D eigenvalue weighted by molar-refractivity contribution is -0.130. The summed E-state index contributed by atoms with van der Waals surface area (Å²) in [4.78, 5) is 14.3. The summed E-state index contributed by atoms with van der Waals surface area (Å²) in [7, 11) is -1.23. The third kappa shape index (κ3) is 2.39. The summed E-state index contributed by atoms with van der Waals surface area (Å²) in [5, 5.41) is -0.153. The second kappa shape index (κ2) is 5.56. The Bertz CT molecular complexity index is 735. The van der Waals surface area contributed by atoms with E-state index < -0.39 is 10.0 Å². The number of piperidine rings is 1. The normalized spacial score (nSPS) is 27.8. The van der Waals surface area contributed by atoms with E-state index in [1.807, 2.05) is 30.1 Å². The average Bonchev–Trinajstić information content (AvgIpc) is 3.42. The van der Waals surface area contributed by atoms with Crippen molar-refractivity contribution in [3.63, 3.8) is 0 Å². The van der Waals surface area contributed by atoms with Crippen molar-refractivity contribution in [2.45, 2.75) is 48.8 Å². The summed E-state index contributed by atoms with van der Waals surface area (Å²) in [5.41, 5.74) is 0.947. The minimum Gasteiger partial charge on any atom is -0.339 e. The predicted octanol–water partition coefficient (Wildman–Crippen LogP) is 1.96. The number of hydrogen-bond acceptors (Lipinski definition) is 3. The lowest BCUT2D eigenvalue weighted by Crippen LogP contribution is -2.55. The van der Waals surface area contributed by atoms with E-state index in [0.717, 1.165) is 25.7 Å². The van der Waals surface area contributed by atoms with E-state index in [4.69, 9.17) is 0 Å². The largest absolute Gasteiger partial charge is 0.339 e. The molecule has 0 radical (unpaired) electrons. The van der Waals surface area contributed by atoms with Gasteiger partial charge in [0.1, 0.15) is 0 Å². The van der Waals surface area contributed by atoms with Crippen LogP contribution in [-0.2, 0) is 14.8 Å². The molecule has 2 aliphatic heterocycles. The number of rotatable bonds is 3. The van der Waals surface area contributed by atoms with Crippen LogP contribution >= 0.6 is 0 Å². The summed E-state index contributed by atoms with van der Waals surface area (Å²) in [6, 6.07) is 10.2. The van der Waals surface area contributed by atoms with Gasteiger partial charge in [-0.15, -0.1) is 0 Å². The lowest BCUT2D eigenvalue weighted by atomic mass is 9.74. The van der Waals surface area contributed by atoms with Gasteiger partial charge in [0.2, 0.25) is 15.9 Å². The molecule has 1 aromatic rings. The topological polar surface area (TPSA) is 57.7 Å². The molecule has 1 amide bonds. The molecule has 2 heterocycles. The van der Waals surface area contributed by atoms with Crippen molar-refractivity contribution in [2.24, 2.45) is 0 Å². The standard InChI is InChI=1S/C18H24N2O3S/c1-19-17(21)13-16(14-5-3-2-4-6-14)18(19)9-11-20(12-10-18)24(22,23)15-7-8-15/h2-6,15-16H,7-13H2,1H3. The fraction of sp³-hybridized carbons (Fsp3) is 0.611. The Kier molecular flexibility index (Phi) is 3.73. The summed E-state index contributed by atoms with van der Waals surface area (Å²) < 4.78 is 26.6. The fourth-order valence-corrected chi connectivity index (χ4v) is 6.33. The number of amides is 1. The molecule has 1 aromatic carbocycles. The third-order valence-electron chi connectivity index (χ3n) is 6.17. The van der Waals surface area contributed by atoms with Gasteiger partial charge in [0.05, 0.1) is 10.8 Å². The SMILES string of the molecule is CN1C(=O)CC(c2ccccc2)C12CCN(S(=O)(=O)C1CC1)CC2. The minimum atomic E-state index is -3.12. The zero-order chi connectivity index (χ0) is 16.9. The summed E-state index contributed by atoms with van der Waals surface area (Å²) in [5.74, 6) is 0.323. The monoisotopic (exact) mass is 348 g/mol. The second-order valence-electron chi connectivity index (χ2n) is 7.37. The molecule has 1 saturated carbocycles. The van der Waals surface area contributed by atoms with Crippen LogP contribution in [0.15, 0.2) is 30.3 Å². The van der Waals surface area contributed by atoms with Crippen LogP contribution in [0.5, 0.6) is 0 Å². The van der Waals surface area contributed by atoms with Gasteiger partial charge in [0.25, 0.3) is 0 Å². The molecule has 5 nitrogen and oxygen atoms in total. The van der Waals surface area contributed by atoms with Crippen LogP contribution in [-0.4, -0.2) is 54.5 Å². The van der Waals surface area contributed by atoms with Gasteiger partial charge in [-0.1, -0.05) is 30.3 Å². The van der Waals surface area contributed by atoms with Gasteiger partial charge in [-0.2, -0.15) is 0 Å². The number of likely N-dealkylation sites (N-methyl/N-ethyl adjacent to an activating group) is 1. The molecule has 4 rings (SSSR count). The molecule has 1 aliphatic carbocycles. The molecule has 24 heavy (non-hydrogen) atoms. The van der Waals surface area contributed by atoms with Crippen LogP contribution in [0, 0.1) is 0 Å². The molecule has 1 unspecified atom stereocenters. The van der Waals surface area contributed by atoms with E-state index in [2.05, 4.69) is 12.1 Å². The number of likely N-dealkylation sites (tertiary alicyclic amines) is 1. The maximum Gasteiger partial charge on any atom is 0.223 e. The molecular weight excluding hydrogens is 324 g/mol. The average molecular weight is 348 g/mol. The fourth-order valence-electron chi connectivity index (χ4n) is 4.49. The Morgan fingerprint density at radius 2 is 1.71 bits per heavy atom. The highest BCUT2D eigenvalue weighted by atomic mass is 32.2. The number of benzene rings is 1. The van der Waals surface area contributed by atoms with Gasteiger partial charge in [-0.25, -0.2) is 12.7 Å². The summed E-state index contributed by atoms with van der Waals surface area (Å²) in [6.07, 6.45) is 3.57. The summed E-state index contributed by atoms with van der Waals surface area (Å²) in [6.45, 7) is 1.06. The van der Waals surface area contributed by atoms with Crippen molar-refractivity contribution in [3.05, 3.63) is 35.9 Å². The van der Waals surface area contributed by atoms with Crippen LogP contribution in [0.4, 0.5) is 0 Å². The van der Waals surface area contributed by atoms with Gasteiger partial charge in [0, 0.05) is 32.5 Å². The Labute approximate surface area is 143 Å². The molecule has 2 saturated heterocycles. The maximum atomic E-state index is 12.5. The van der Waals surface area contributed by atoms with Crippen molar-refractivity contribution in [2.75, 3.05) is 20.1 Å². The first-order valence-corrected chi connectivity index (χ1v) is 10.3. The summed E-state index contributed by atoms with van der Waals surface area (Å²) >= 11 is 0. The Hall–Kier alpha value is -1.40. The van der Waals surface area contributed by atoms with Crippen LogP contribution in [0.1, 0.15) is 43.6 Å². The number of nitrogens with zero attached hydrogens (tertiary/aromatic N) is 2. The minimum absolute atomic E-state index is 0.153. The Balaban J connectivity index is 1.60. The van der Waals surface area contributed by atoms with Crippen LogP contribution < -0.4 is 0 Å². The molecule has 3 aliphatic rings. The van der Waals surface area contributed by atoms with Crippen molar-refractivity contribution in [1.29, 1.82) is 0 Å². The van der Waals surface area contributed by atoms with E-state index in [1.165, 1.54) is 5.56 Å². The van der Waals surface area contributed by atoms with Gasteiger partial charge in [-0.3, -0.25) is 4.79 Å². The molecule has 0 N–H and O–H groups in total. The molecule has 0 bridgehead atoms. The van der Waals surface area contributed by atoms with Crippen molar-refractivity contribution >= 4 is 15.9 Å². The quantitative estimate of drug-likeness (QED) is 0.839. The van der Waals surface area contributed by atoms with E-state index in [1.54, 1.807) is 4.31 Å². The zero-order valence-corrected chi connectivity index (χ0v) is 14.8. The number of carbonyl (C=O) groups excluding carboxylic acids is 1. The first kappa shape index (κ1) is 16.1. The first-order valence-electron chi connectivity index (χ1n) is 8.76. The molecule has 1 spiro atoms. The van der Waals surface area contributed by atoms with Crippen molar-refractivity contribution in [3.8, 4) is 0 Å².